The lowest BCUT2D eigenvalue weighted by Crippen LogP contribution is -2.51. The lowest BCUT2D eigenvalue weighted by molar-refractivity contribution is 0.0916. The van der Waals surface area contributed by atoms with Gasteiger partial charge in [-0.2, -0.15) is 0 Å². The molecule has 5 rings (SSSR count). The van der Waals surface area contributed by atoms with Crippen LogP contribution in [0.25, 0.3) is 0 Å². The lowest BCUT2D eigenvalue weighted by atomic mass is 9.59. The molecular weight excluding hydrogens is 416 g/mol. The van der Waals surface area contributed by atoms with Gasteiger partial charge < -0.3 is 16.4 Å². The van der Waals surface area contributed by atoms with Crippen LogP contribution >= 0.6 is 11.8 Å². The van der Waals surface area contributed by atoms with Crippen molar-refractivity contribution in [3.05, 3.63) is 65.6 Å². The SMILES string of the molecule is Cc1c(Sc2cnc(N3CCC4(CC3)[C@H](N)c3ccccc3C4(C)C)cn2)ccnc1N. The van der Waals surface area contributed by atoms with E-state index >= 15 is 0 Å². The number of anilines is 2. The molecular formula is C25H30N6S. The molecule has 2 aliphatic rings. The van der Waals surface area contributed by atoms with Crippen LogP contribution in [0.2, 0.25) is 0 Å². The third-order valence-electron chi connectivity index (χ3n) is 7.81. The zero-order chi connectivity index (χ0) is 22.5. The molecule has 1 atom stereocenters. The van der Waals surface area contributed by atoms with Gasteiger partial charge in [0.2, 0.25) is 0 Å². The summed E-state index contributed by atoms with van der Waals surface area (Å²) in [5, 5.41) is 0.852. The Labute approximate surface area is 193 Å². The number of nitrogens with zero attached hydrogens (tertiary/aromatic N) is 4. The van der Waals surface area contributed by atoms with E-state index in [0.717, 1.165) is 47.2 Å². The first-order valence-electron chi connectivity index (χ1n) is 11.1. The zero-order valence-corrected chi connectivity index (χ0v) is 19.7. The van der Waals surface area contributed by atoms with E-state index in [1.807, 2.05) is 25.4 Å². The number of nitrogens with two attached hydrogens (primary N) is 2. The molecule has 0 unspecified atom stereocenters. The summed E-state index contributed by atoms with van der Waals surface area (Å²) in [6, 6.07) is 10.8. The summed E-state index contributed by atoms with van der Waals surface area (Å²) in [7, 11) is 0. The lowest BCUT2D eigenvalue weighted by Gasteiger charge is -2.50. The number of hydrogen-bond donors (Lipinski definition) is 2. The van der Waals surface area contributed by atoms with Crippen LogP contribution < -0.4 is 16.4 Å². The number of aromatic nitrogens is 3. The van der Waals surface area contributed by atoms with Crippen molar-refractivity contribution in [3.63, 3.8) is 0 Å². The fourth-order valence-corrected chi connectivity index (χ4v) is 6.47. The molecule has 1 fully saturated rings. The van der Waals surface area contributed by atoms with E-state index in [9.17, 15) is 0 Å². The maximum atomic E-state index is 6.87. The molecule has 32 heavy (non-hydrogen) atoms. The van der Waals surface area contributed by atoms with Gasteiger partial charge in [0.1, 0.15) is 16.7 Å². The minimum Gasteiger partial charge on any atom is -0.383 e. The van der Waals surface area contributed by atoms with E-state index in [0.29, 0.717) is 5.82 Å². The van der Waals surface area contributed by atoms with Crippen molar-refractivity contribution < 1.29 is 0 Å². The Kier molecular flexibility index (Phi) is 5.13. The van der Waals surface area contributed by atoms with E-state index in [-0.39, 0.29) is 16.9 Å². The predicted octanol–water partition coefficient (Wildman–Crippen LogP) is 4.49. The molecule has 4 N–H and O–H groups in total. The summed E-state index contributed by atoms with van der Waals surface area (Å²) in [6.07, 6.45) is 7.55. The van der Waals surface area contributed by atoms with Crippen molar-refractivity contribution in [3.8, 4) is 0 Å². The summed E-state index contributed by atoms with van der Waals surface area (Å²) in [4.78, 5) is 16.9. The van der Waals surface area contributed by atoms with Gasteiger partial charge in [0.25, 0.3) is 0 Å². The summed E-state index contributed by atoms with van der Waals surface area (Å²) >= 11 is 1.56. The smallest absolute Gasteiger partial charge is 0.147 e. The van der Waals surface area contributed by atoms with E-state index in [1.165, 1.54) is 11.1 Å². The molecule has 0 radical (unpaired) electrons. The van der Waals surface area contributed by atoms with Gasteiger partial charge in [0, 0.05) is 41.2 Å². The van der Waals surface area contributed by atoms with Gasteiger partial charge in [-0.1, -0.05) is 49.9 Å². The second kappa shape index (κ2) is 7.74. The van der Waals surface area contributed by atoms with Gasteiger partial charge in [-0.3, -0.25) is 0 Å². The summed E-state index contributed by atoms with van der Waals surface area (Å²) < 4.78 is 0. The quantitative estimate of drug-likeness (QED) is 0.612. The molecule has 166 valence electrons. The normalized spacial score (nSPS) is 21.0. The molecule has 1 aliphatic heterocycles. The highest BCUT2D eigenvalue weighted by Crippen LogP contribution is 2.61. The van der Waals surface area contributed by atoms with Crippen LogP contribution in [0.1, 0.15) is 49.4 Å². The Morgan fingerprint density at radius 2 is 1.78 bits per heavy atom. The number of hydrogen-bond acceptors (Lipinski definition) is 7. The average Bonchev–Trinajstić information content (AvgIpc) is 2.97. The van der Waals surface area contributed by atoms with Crippen LogP contribution in [0, 0.1) is 12.3 Å². The van der Waals surface area contributed by atoms with Crippen LogP contribution in [-0.2, 0) is 5.41 Å². The van der Waals surface area contributed by atoms with Crippen LogP contribution in [0.3, 0.4) is 0 Å². The standard InChI is InChI=1S/C25H30N6S/c1-16-19(8-11-28-23(16)27)32-21-15-29-20(14-30-21)31-12-9-25(10-13-31)22(26)17-6-4-5-7-18(17)24(25,2)3/h4-8,11,14-15,22H,9-10,12-13,26H2,1-3H3,(H2,27,28)/t22-/m1/s1. The average molecular weight is 447 g/mol. The molecule has 0 saturated carbocycles. The van der Waals surface area contributed by atoms with Crippen LogP contribution in [-0.4, -0.2) is 28.0 Å². The second-order valence-electron chi connectivity index (χ2n) is 9.47. The van der Waals surface area contributed by atoms with E-state index in [1.54, 1.807) is 18.0 Å². The Hall–Kier alpha value is -2.64. The monoisotopic (exact) mass is 446 g/mol. The fraction of sp³-hybridized carbons (Fsp3) is 0.400. The van der Waals surface area contributed by atoms with Gasteiger partial charge in [-0.25, -0.2) is 15.0 Å². The molecule has 3 aromatic rings. The molecule has 6 nitrogen and oxygen atoms in total. The molecule has 0 amide bonds. The molecule has 3 heterocycles. The van der Waals surface area contributed by atoms with Crippen LogP contribution in [0.15, 0.2) is 58.8 Å². The number of piperidine rings is 1. The Balaban J connectivity index is 1.30. The van der Waals surface area contributed by atoms with Crippen molar-refractivity contribution >= 4 is 23.4 Å². The van der Waals surface area contributed by atoms with Crippen LogP contribution in [0.5, 0.6) is 0 Å². The minimum atomic E-state index is 0.0610. The number of fused-ring (bicyclic) bond motifs is 1. The Bertz CT molecular complexity index is 1140. The molecule has 1 aliphatic carbocycles. The van der Waals surface area contributed by atoms with Crippen molar-refractivity contribution in [2.24, 2.45) is 11.1 Å². The van der Waals surface area contributed by atoms with Gasteiger partial charge in [0.15, 0.2) is 0 Å². The summed E-state index contributed by atoms with van der Waals surface area (Å²) in [5.41, 5.74) is 16.6. The largest absolute Gasteiger partial charge is 0.383 e. The highest BCUT2D eigenvalue weighted by atomic mass is 32.2. The highest BCUT2D eigenvalue weighted by Gasteiger charge is 2.57. The molecule has 1 aromatic carbocycles. The van der Waals surface area contributed by atoms with E-state index in [4.69, 9.17) is 16.5 Å². The Morgan fingerprint density at radius 1 is 1.03 bits per heavy atom. The summed E-state index contributed by atoms with van der Waals surface area (Å²) in [6.45, 7) is 8.59. The molecule has 0 bridgehead atoms. The van der Waals surface area contributed by atoms with Gasteiger partial charge in [-0.05, 0) is 42.4 Å². The molecule has 1 saturated heterocycles. The number of rotatable bonds is 3. The predicted molar refractivity (Wildman–Crippen MR) is 130 cm³/mol. The van der Waals surface area contributed by atoms with Crippen molar-refractivity contribution in [2.45, 2.75) is 55.0 Å². The van der Waals surface area contributed by atoms with Crippen molar-refractivity contribution in [1.82, 2.24) is 15.0 Å². The number of pyridine rings is 1. The molecule has 1 spiro atoms. The van der Waals surface area contributed by atoms with Gasteiger partial charge >= 0.3 is 0 Å². The fourth-order valence-electron chi connectivity index (χ4n) is 5.64. The van der Waals surface area contributed by atoms with E-state index < -0.39 is 0 Å². The topological polar surface area (TPSA) is 94.0 Å². The maximum absolute atomic E-state index is 6.87. The third-order valence-corrected chi connectivity index (χ3v) is 8.89. The van der Waals surface area contributed by atoms with E-state index in [2.05, 4.69) is 53.0 Å². The minimum absolute atomic E-state index is 0.0610. The highest BCUT2D eigenvalue weighted by molar-refractivity contribution is 7.99. The van der Waals surface area contributed by atoms with Crippen molar-refractivity contribution in [2.75, 3.05) is 23.7 Å². The number of benzene rings is 1. The van der Waals surface area contributed by atoms with Crippen molar-refractivity contribution in [1.29, 1.82) is 0 Å². The Morgan fingerprint density at radius 3 is 2.47 bits per heavy atom. The first-order valence-corrected chi connectivity index (χ1v) is 12.0. The molecule has 7 heteroatoms. The van der Waals surface area contributed by atoms with Gasteiger partial charge in [-0.15, -0.1) is 0 Å². The maximum Gasteiger partial charge on any atom is 0.147 e. The first-order chi connectivity index (χ1) is 15.3. The van der Waals surface area contributed by atoms with Crippen LogP contribution in [0.4, 0.5) is 11.6 Å². The first kappa shape index (κ1) is 21.2. The number of nitrogen functional groups attached to an aromatic ring is 1. The van der Waals surface area contributed by atoms with Gasteiger partial charge in [0.05, 0.1) is 12.4 Å². The summed E-state index contributed by atoms with van der Waals surface area (Å²) in [5.74, 6) is 1.48. The zero-order valence-electron chi connectivity index (χ0n) is 18.9. The molecule has 2 aromatic heterocycles. The third kappa shape index (κ3) is 3.18. The second-order valence-corrected chi connectivity index (χ2v) is 10.5.